The van der Waals surface area contributed by atoms with Crippen molar-refractivity contribution >= 4 is 28.9 Å². The number of anilines is 2. The summed E-state index contributed by atoms with van der Waals surface area (Å²) in [6.45, 7) is 5.67. The van der Waals surface area contributed by atoms with Gasteiger partial charge in [0.2, 0.25) is 5.91 Å². The Bertz CT molecular complexity index is 874. The lowest BCUT2D eigenvalue weighted by Crippen LogP contribution is -2.54. The Labute approximate surface area is 176 Å². The molecule has 2 heterocycles. The van der Waals surface area contributed by atoms with Crippen molar-refractivity contribution in [3.63, 3.8) is 0 Å². The summed E-state index contributed by atoms with van der Waals surface area (Å²) < 4.78 is 5.77. The van der Waals surface area contributed by atoms with Gasteiger partial charge in [0.1, 0.15) is 18.5 Å². The van der Waals surface area contributed by atoms with E-state index >= 15 is 0 Å². The first-order chi connectivity index (χ1) is 14.0. The average molecular weight is 416 g/mol. The molecule has 2 aromatic rings. The molecule has 0 aliphatic carbocycles. The number of aliphatic hydroxyl groups excluding tert-OH is 1. The molecule has 2 aromatic carbocycles. The molecule has 0 radical (unpaired) electrons. The molecule has 0 spiro atoms. The summed E-state index contributed by atoms with van der Waals surface area (Å²) in [5.74, 6) is 0.684. The third-order valence-electron chi connectivity index (χ3n) is 5.55. The summed E-state index contributed by atoms with van der Waals surface area (Å²) >= 11 is 5.98. The van der Waals surface area contributed by atoms with Crippen molar-refractivity contribution in [3.8, 4) is 5.75 Å². The monoisotopic (exact) mass is 415 g/mol. The Balaban J connectivity index is 1.26. The molecule has 6 nitrogen and oxygen atoms in total. The van der Waals surface area contributed by atoms with Crippen LogP contribution in [0.5, 0.6) is 5.75 Å². The van der Waals surface area contributed by atoms with Crippen LogP contribution < -0.4 is 15.0 Å². The van der Waals surface area contributed by atoms with Crippen LogP contribution in [0, 0.1) is 0 Å². The smallest absolute Gasteiger partial charge is 0.228 e. The number of hydrogen-bond donors (Lipinski definition) is 2. The van der Waals surface area contributed by atoms with Crippen molar-refractivity contribution in [2.45, 2.75) is 25.5 Å². The highest BCUT2D eigenvalue weighted by Crippen LogP contribution is 2.27. The molecule has 0 saturated carbocycles. The Morgan fingerprint density at radius 3 is 2.79 bits per heavy atom. The third kappa shape index (κ3) is 4.83. The van der Waals surface area contributed by atoms with Gasteiger partial charge in [0.25, 0.3) is 0 Å². The zero-order valence-electron chi connectivity index (χ0n) is 16.5. The van der Waals surface area contributed by atoms with Crippen LogP contribution >= 0.6 is 11.6 Å². The van der Waals surface area contributed by atoms with Crippen molar-refractivity contribution in [1.29, 1.82) is 0 Å². The molecule has 7 heteroatoms. The standard InChI is InChI=1S/C22H26ClN3O3/c1-15-12-26(18-4-2-17(23)3-5-18)9-8-25(15)13-19(27)14-29-20-6-7-21-16(10-20)11-22(28)24-21/h2-7,10,15,19,27H,8-9,11-14H2,1H3,(H,24,28)/t15-,19-/m1/s1. The highest BCUT2D eigenvalue weighted by atomic mass is 35.5. The van der Waals surface area contributed by atoms with Gasteiger partial charge in [0.15, 0.2) is 0 Å². The number of halogens is 1. The van der Waals surface area contributed by atoms with Crippen LogP contribution in [0.1, 0.15) is 12.5 Å². The zero-order chi connectivity index (χ0) is 20.4. The molecule has 2 aliphatic rings. The summed E-state index contributed by atoms with van der Waals surface area (Å²) in [7, 11) is 0. The van der Waals surface area contributed by atoms with E-state index in [2.05, 4.69) is 22.0 Å². The molecule has 2 aliphatic heterocycles. The Hall–Kier alpha value is -2.28. The van der Waals surface area contributed by atoms with Gasteiger partial charge < -0.3 is 20.1 Å². The van der Waals surface area contributed by atoms with Crippen LogP contribution in [-0.2, 0) is 11.2 Å². The van der Waals surface area contributed by atoms with Crippen molar-refractivity contribution in [2.75, 3.05) is 43.0 Å². The summed E-state index contributed by atoms with van der Waals surface area (Å²) in [4.78, 5) is 16.1. The average Bonchev–Trinajstić information content (AvgIpc) is 3.08. The van der Waals surface area contributed by atoms with E-state index < -0.39 is 6.10 Å². The summed E-state index contributed by atoms with van der Waals surface area (Å²) in [6.07, 6.45) is -0.197. The van der Waals surface area contributed by atoms with Gasteiger partial charge in [-0.05, 0) is 55.0 Å². The van der Waals surface area contributed by atoms with E-state index in [9.17, 15) is 9.90 Å². The molecular formula is C22H26ClN3O3. The first-order valence-electron chi connectivity index (χ1n) is 9.96. The van der Waals surface area contributed by atoms with E-state index in [1.54, 1.807) is 0 Å². The molecule has 1 fully saturated rings. The van der Waals surface area contributed by atoms with Crippen LogP contribution in [0.2, 0.25) is 5.02 Å². The lowest BCUT2D eigenvalue weighted by molar-refractivity contribution is -0.115. The van der Waals surface area contributed by atoms with Crippen LogP contribution in [-0.4, -0.2) is 60.8 Å². The second kappa shape index (κ2) is 8.61. The Kier molecular flexibility index (Phi) is 5.94. The van der Waals surface area contributed by atoms with Gasteiger partial charge >= 0.3 is 0 Å². The van der Waals surface area contributed by atoms with Crippen molar-refractivity contribution in [3.05, 3.63) is 53.1 Å². The fourth-order valence-corrected chi connectivity index (χ4v) is 4.09. The predicted molar refractivity (Wildman–Crippen MR) is 115 cm³/mol. The molecule has 154 valence electrons. The molecule has 0 bridgehead atoms. The fraction of sp³-hybridized carbons (Fsp3) is 0.409. The quantitative estimate of drug-likeness (QED) is 0.759. The highest BCUT2D eigenvalue weighted by Gasteiger charge is 2.26. The molecule has 0 aromatic heterocycles. The Morgan fingerprint density at radius 2 is 2.03 bits per heavy atom. The maximum absolute atomic E-state index is 11.5. The van der Waals surface area contributed by atoms with Crippen molar-refractivity contribution in [2.24, 2.45) is 0 Å². The SMILES string of the molecule is C[C@@H]1CN(c2ccc(Cl)cc2)CCN1C[C@@H](O)COc1ccc2c(c1)CC(=O)N2. The van der Waals surface area contributed by atoms with E-state index in [1.807, 2.05) is 42.5 Å². The number of fused-ring (bicyclic) bond motifs is 1. The first kappa shape index (κ1) is 20.0. The summed E-state index contributed by atoms with van der Waals surface area (Å²) in [5, 5.41) is 14.0. The number of piperazine rings is 1. The normalized spacial score (nSPS) is 20.3. The number of aliphatic hydroxyl groups is 1. The second-order valence-electron chi connectivity index (χ2n) is 7.78. The van der Waals surface area contributed by atoms with Crippen LogP contribution in [0.15, 0.2) is 42.5 Å². The minimum absolute atomic E-state index is 0.00362. The number of nitrogens with one attached hydrogen (secondary N) is 1. The number of carbonyl (C=O) groups excluding carboxylic acids is 1. The molecule has 1 amide bonds. The molecule has 0 unspecified atom stereocenters. The van der Waals surface area contributed by atoms with Crippen LogP contribution in [0.25, 0.3) is 0 Å². The topological polar surface area (TPSA) is 65.0 Å². The first-order valence-corrected chi connectivity index (χ1v) is 10.3. The van der Waals surface area contributed by atoms with Gasteiger partial charge in [-0.2, -0.15) is 0 Å². The Morgan fingerprint density at radius 1 is 1.24 bits per heavy atom. The number of rotatable bonds is 6. The van der Waals surface area contributed by atoms with E-state index in [-0.39, 0.29) is 12.5 Å². The number of amides is 1. The number of hydrogen-bond acceptors (Lipinski definition) is 5. The highest BCUT2D eigenvalue weighted by molar-refractivity contribution is 6.30. The summed E-state index contributed by atoms with van der Waals surface area (Å²) in [6, 6.07) is 13.8. The molecule has 29 heavy (non-hydrogen) atoms. The fourth-order valence-electron chi connectivity index (χ4n) is 3.96. The molecule has 4 rings (SSSR count). The van der Waals surface area contributed by atoms with E-state index in [1.165, 1.54) is 5.69 Å². The zero-order valence-corrected chi connectivity index (χ0v) is 17.2. The lowest BCUT2D eigenvalue weighted by Gasteiger charge is -2.41. The van der Waals surface area contributed by atoms with Gasteiger partial charge in [0, 0.05) is 48.6 Å². The number of carbonyl (C=O) groups is 1. The van der Waals surface area contributed by atoms with Crippen LogP contribution in [0.4, 0.5) is 11.4 Å². The minimum atomic E-state index is -0.576. The van der Waals surface area contributed by atoms with Gasteiger partial charge in [-0.15, -0.1) is 0 Å². The van der Waals surface area contributed by atoms with Gasteiger partial charge in [-0.25, -0.2) is 0 Å². The van der Waals surface area contributed by atoms with Gasteiger partial charge in [-0.1, -0.05) is 11.6 Å². The second-order valence-corrected chi connectivity index (χ2v) is 8.21. The molecular weight excluding hydrogens is 390 g/mol. The van der Waals surface area contributed by atoms with E-state index in [4.69, 9.17) is 16.3 Å². The largest absolute Gasteiger partial charge is 0.491 e. The predicted octanol–water partition coefficient (Wildman–Crippen LogP) is 2.79. The van der Waals surface area contributed by atoms with E-state index in [0.717, 1.165) is 35.9 Å². The van der Waals surface area contributed by atoms with Crippen LogP contribution in [0.3, 0.4) is 0 Å². The van der Waals surface area contributed by atoms with Crippen molar-refractivity contribution < 1.29 is 14.6 Å². The maximum atomic E-state index is 11.5. The number of ether oxygens (including phenoxy) is 1. The number of nitrogens with zero attached hydrogens (tertiary/aromatic N) is 2. The number of β-amino-alcohol motifs (C(OH)–C–C–N with tert-alkyl or cyclic N) is 1. The summed E-state index contributed by atoms with van der Waals surface area (Å²) in [5.41, 5.74) is 2.96. The lowest BCUT2D eigenvalue weighted by atomic mass is 10.1. The molecule has 2 atom stereocenters. The molecule has 2 N–H and O–H groups in total. The van der Waals surface area contributed by atoms with Gasteiger partial charge in [-0.3, -0.25) is 9.69 Å². The minimum Gasteiger partial charge on any atom is -0.491 e. The number of benzene rings is 2. The third-order valence-corrected chi connectivity index (χ3v) is 5.80. The van der Waals surface area contributed by atoms with E-state index in [0.29, 0.717) is 24.8 Å². The molecule has 1 saturated heterocycles. The maximum Gasteiger partial charge on any atom is 0.228 e. The van der Waals surface area contributed by atoms with Gasteiger partial charge in [0.05, 0.1) is 6.42 Å². The van der Waals surface area contributed by atoms with Crippen molar-refractivity contribution in [1.82, 2.24) is 4.90 Å².